The normalized spacial score (nSPS) is 15.6. The van der Waals surface area contributed by atoms with Gasteiger partial charge in [-0.1, -0.05) is 6.07 Å². The third kappa shape index (κ3) is 10.2. The predicted octanol–water partition coefficient (Wildman–Crippen LogP) is 5.74. The van der Waals surface area contributed by atoms with Crippen LogP contribution in [0.25, 0.3) is 0 Å². The van der Waals surface area contributed by atoms with Crippen LogP contribution in [0.15, 0.2) is 57.2 Å². The molecule has 3 rings (SSSR count). The Morgan fingerprint density at radius 3 is 2.37 bits per heavy atom. The summed E-state index contributed by atoms with van der Waals surface area (Å²) < 4.78 is 39.0. The van der Waals surface area contributed by atoms with Crippen LogP contribution >= 0.6 is 23.7 Å². The monoisotopic (exact) mass is 528 g/mol. The molecule has 0 saturated carbocycles. The lowest BCUT2D eigenvalue weighted by molar-refractivity contribution is -0.150. The van der Waals surface area contributed by atoms with Crippen molar-refractivity contribution in [3.63, 3.8) is 0 Å². The lowest BCUT2D eigenvalue weighted by Gasteiger charge is -2.36. The summed E-state index contributed by atoms with van der Waals surface area (Å²) in [4.78, 5) is 18.7. The summed E-state index contributed by atoms with van der Waals surface area (Å²) in [5.41, 5.74) is 6.88. The Kier molecular flexibility index (Phi) is 11.6. The van der Waals surface area contributed by atoms with Gasteiger partial charge < -0.3 is 20.5 Å². The van der Waals surface area contributed by atoms with Gasteiger partial charge in [0.15, 0.2) is 0 Å². The standard InChI is InChI=1S/C15H15N3OS2.C9H16F3NO/c1-17-15-13(20-10-16)3-2-4-14(15)21-18-12-7-5-11(9-19)6-8-12;1-13-6-4-8(14,5-7-13)2-3-9(10,11)12/h2-9,18H,1,10,16H2;14H,2-7H2,1H3. The maximum atomic E-state index is 11.9. The van der Waals surface area contributed by atoms with E-state index >= 15 is 0 Å². The molecule has 35 heavy (non-hydrogen) atoms. The number of aldehydes is 1. The van der Waals surface area contributed by atoms with Crippen LogP contribution in [0.5, 0.6) is 0 Å². The third-order valence-corrected chi connectivity index (χ3v) is 7.17. The zero-order valence-electron chi connectivity index (χ0n) is 19.6. The third-order valence-electron chi connectivity index (χ3n) is 5.48. The molecule has 1 aliphatic rings. The second kappa shape index (κ2) is 13.9. The number of aliphatic hydroxyl groups is 1. The predicted molar refractivity (Wildman–Crippen MR) is 139 cm³/mol. The fourth-order valence-corrected chi connectivity index (χ4v) is 4.86. The molecule has 1 fully saturated rings. The second-order valence-electron chi connectivity index (χ2n) is 8.16. The SMILES string of the molecule is C=Nc1c(SCN)cccc1SNc1ccc(C=O)cc1.CN1CCC(O)(CCC(F)(F)F)CC1. The Hall–Kier alpha value is -2.05. The van der Waals surface area contributed by atoms with Crippen molar-refractivity contribution in [2.45, 2.75) is 47.3 Å². The quantitative estimate of drug-likeness (QED) is 0.126. The first-order valence-corrected chi connectivity index (χ1v) is 12.8. The molecule has 2 aromatic rings. The highest BCUT2D eigenvalue weighted by atomic mass is 32.2. The highest BCUT2D eigenvalue weighted by Crippen LogP contribution is 2.37. The van der Waals surface area contributed by atoms with E-state index in [4.69, 9.17) is 5.73 Å². The first-order chi connectivity index (χ1) is 16.6. The second-order valence-corrected chi connectivity index (χ2v) is 10.1. The summed E-state index contributed by atoms with van der Waals surface area (Å²) in [6.07, 6.45) is -3.49. The molecule has 0 unspecified atom stereocenters. The number of carbonyl (C=O) groups excluding carboxylic acids is 1. The van der Waals surface area contributed by atoms with Crippen LogP contribution < -0.4 is 10.5 Å². The number of halogens is 3. The number of rotatable bonds is 9. The van der Waals surface area contributed by atoms with Crippen molar-refractivity contribution in [2.75, 3.05) is 30.7 Å². The molecule has 6 nitrogen and oxygen atoms in total. The van der Waals surface area contributed by atoms with Gasteiger partial charge in [-0.25, -0.2) is 0 Å². The maximum Gasteiger partial charge on any atom is 0.389 e. The number of piperidine rings is 1. The number of para-hydroxylation sites is 1. The van der Waals surface area contributed by atoms with Crippen LogP contribution in [0.2, 0.25) is 0 Å². The minimum Gasteiger partial charge on any atom is -0.390 e. The van der Waals surface area contributed by atoms with Crippen molar-refractivity contribution in [3.8, 4) is 0 Å². The Morgan fingerprint density at radius 1 is 1.20 bits per heavy atom. The molecule has 0 aliphatic carbocycles. The Bertz CT molecular complexity index is 951. The minimum absolute atomic E-state index is 0.162. The molecule has 1 aliphatic heterocycles. The number of hydrogen-bond acceptors (Lipinski definition) is 8. The first-order valence-electron chi connectivity index (χ1n) is 11.0. The number of thioether (sulfide) groups is 1. The van der Waals surface area contributed by atoms with Gasteiger partial charge in [0.2, 0.25) is 0 Å². The van der Waals surface area contributed by atoms with Gasteiger partial charge in [-0.2, -0.15) is 13.2 Å². The Balaban J connectivity index is 0.000000269. The number of nitrogens with two attached hydrogens (primary N) is 1. The van der Waals surface area contributed by atoms with Gasteiger partial charge in [0.1, 0.15) is 6.29 Å². The largest absolute Gasteiger partial charge is 0.390 e. The number of benzene rings is 2. The van der Waals surface area contributed by atoms with Crippen LogP contribution in [0.4, 0.5) is 24.5 Å². The van der Waals surface area contributed by atoms with E-state index < -0.39 is 18.2 Å². The number of likely N-dealkylation sites (tertiary alicyclic amines) is 1. The maximum absolute atomic E-state index is 11.9. The molecule has 0 bridgehead atoms. The Morgan fingerprint density at radius 2 is 1.83 bits per heavy atom. The van der Waals surface area contributed by atoms with Gasteiger partial charge in [0.05, 0.1) is 16.2 Å². The van der Waals surface area contributed by atoms with Crippen LogP contribution in [-0.4, -0.2) is 60.8 Å². The average molecular weight is 529 g/mol. The zero-order valence-corrected chi connectivity index (χ0v) is 21.2. The van der Waals surface area contributed by atoms with Crippen molar-refractivity contribution in [3.05, 3.63) is 48.0 Å². The molecular formula is C24H31F3N4O2S2. The van der Waals surface area contributed by atoms with E-state index in [1.54, 1.807) is 12.1 Å². The molecule has 1 heterocycles. The fraction of sp³-hybridized carbons (Fsp3) is 0.417. The van der Waals surface area contributed by atoms with Crippen molar-refractivity contribution < 1.29 is 23.1 Å². The number of nitrogens with zero attached hydrogens (tertiary/aromatic N) is 2. The Labute approximate surface area is 212 Å². The summed E-state index contributed by atoms with van der Waals surface area (Å²) in [5.74, 6) is 0.497. The minimum atomic E-state index is -4.15. The first kappa shape index (κ1) is 29.2. The lowest BCUT2D eigenvalue weighted by Crippen LogP contribution is -2.43. The van der Waals surface area contributed by atoms with E-state index in [0.717, 1.165) is 27.5 Å². The number of alkyl halides is 3. The smallest absolute Gasteiger partial charge is 0.389 e. The van der Waals surface area contributed by atoms with Gasteiger partial charge in [0.25, 0.3) is 0 Å². The topological polar surface area (TPSA) is 90.9 Å². The van der Waals surface area contributed by atoms with Gasteiger partial charge in [0, 0.05) is 41.5 Å². The van der Waals surface area contributed by atoms with Gasteiger partial charge in [-0.15, -0.1) is 11.8 Å². The summed E-state index contributed by atoms with van der Waals surface area (Å²) in [6.45, 7) is 4.98. The van der Waals surface area contributed by atoms with Crippen LogP contribution in [0, 0.1) is 0 Å². The van der Waals surface area contributed by atoms with Crippen LogP contribution in [-0.2, 0) is 0 Å². The number of nitrogens with one attached hydrogen (secondary N) is 1. The molecule has 2 aromatic carbocycles. The molecule has 0 spiro atoms. The van der Waals surface area contributed by atoms with Crippen molar-refractivity contribution >= 4 is 48.1 Å². The van der Waals surface area contributed by atoms with Crippen LogP contribution in [0.3, 0.4) is 0 Å². The van der Waals surface area contributed by atoms with Gasteiger partial charge in [-0.3, -0.25) is 9.79 Å². The van der Waals surface area contributed by atoms with Crippen molar-refractivity contribution in [2.24, 2.45) is 10.7 Å². The highest BCUT2D eigenvalue weighted by Gasteiger charge is 2.36. The highest BCUT2D eigenvalue weighted by molar-refractivity contribution is 8.01. The molecule has 1 saturated heterocycles. The van der Waals surface area contributed by atoms with Gasteiger partial charge in [-0.05, 0) is 81.4 Å². The molecule has 0 atom stereocenters. The van der Waals surface area contributed by atoms with Crippen molar-refractivity contribution in [1.29, 1.82) is 0 Å². The number of anilines is 1. The summed E-state index contributed by atoms with van der Waals surface area (Å²) >= 11 is 2.98. The summed E-state index contributed by atoms with van der Waals surface area (Å²) in [5, 5.41) is 9.83. The molecule has 0 radical (unpaired) electrons. The molecular weight excluding hydrogens is 497 g/mol. The van der Waals surface area contributed by atoms with E-state index in [-0.39, 0.29) is 6.42 Å². The van der Waals surface area contributed by atoms with E-state index in [2.05, 4.69) is 16.4 Å². The average Bonchev–Trinajstić information content (AvgIpc) is 2.84. The molecule has 0 amide bonds. The van der Waals surface area contributed by atoms with E-state index in [9.17, 15) is 23.1 Å². The zero-order chi connectivity index (χ0) is 25.9. The van der Waals surface area contributed by atoms with E-state index in [0.29, 0.717) is 37.4 Å². The number of carbonyl (C=O) groups is 1. The number of aliphatic imine (C=N–C) groups is 1. The van der Waals surface area contributed by atoms with Crippen LogP contribution in [0.1, 0.15) is 36.0 Å². The molecule has 0 aromatic heterocycles. The molecule has 192 valence electrons. The number of hydrogen-bond donors (Lipinski definition) is 3. The van der Waals surface area contributed by atoms with Gasteiger partial charge >= 0.3 is 6.18 Å². The molecule has 11 heteroatoms. The molecule has 4 N–H and O–H groups in total. The fourth-order valence-electron chi connectivity index (χ4n) is 3.35. The lowest BCUT2D eigenvalue weighted by atomic mass is 9.87. The van der Waals surface area contributed by atoms with E-state index in [1.165, 1.54) is 23.7 Å². The van der Waals surface area contributed by atoms with E-state index in [1.807, 2.05) is 42.3 Å². The van der Waals surface area contributed by atoms with Crippen molar-refractivity contribution in [1.82, 2.24) is 4.90 Å². The summed E-state index contributed by atoms with van der Waals surface area (Å²) in [7, 11) is 1.91. The summed E-state index contributed by atoms with van der Waals surface area (Å²) in [6, 6.07) is 13.2.